The summed E-state index contributed by atoms with van der Waals surface area (Å²) < 4.78 is 5.23. The first-order valence-electron chi connectivity index (χ1n) is 5.75. The number of aromatic nitrogens is 3. The fourth-order valence-corrected chi connectivity index (χ4v) is 2.38. The molecule has 2 heterocycles. The van der Waals surface area contributed by atoms with Crippen LogP contribution in [0.3, 0.4) is 0 Å². The Bertz CT molecular complexity index is 544. The van der Waals surface area contributed by atoms with E-state index in [4.69, 9.17) is 10.6 Å². The van der Waals surface area contributed by atoms with Crippen LogP contribution in [0.25, 0.3) is 0 Å². The van der Waals surface area contributed by atoms with Crippen molar-refractivity contribution in [1.29, 1.82) is 0 Å². The maximum absolute atomic E-state index is 5.36. The van der Waals surface area contributed by atoms with Crippen molar-refractivity contribution < 1.29 is 4.74 Å². The molecule has 0 saturated carbocycles. The molecule has 0 aliphatic carbocycles. The third-order valence-corrected chi connectivity index (χ3v) is 3.47. The normalized spacial score (nSPS) is 10.3. The fraction of sp³-hybridized carbons (Fsp3) is 0.364. The minimum atomic E-state index is 0.449. The molecule has 0 bridgehead atoms. The Balaban J connectivity index is 1.99. The number of hydrogen-bond acceptors (Lipinski definition) is 8. The second-order valence-corrected chi connectivity index (χ2v) is 4.75. The summed E-state index contributed by atoms with van der Waals surface area (Å²) in [4.78, 5) is 12.5. The molecule has 2 rings (SSSR count). The number of hydrogen-bond donors (Lipinski definition) is 3. The van der Waals surface area contributed by atoms with E-state index in [0.717, 1.165) is 17.1 Å². The van der Waals surface area contributed by atoms with Gasteiger partial charge in [0.15, 0.2) is 11.6 Å². The Hall–Kier alpha value is -1.93. The van der Waals surface area contributed by atoms with E-state index >= 15 is 0 Å². The number of nitrogens with zero attached hydrogens (tertiary/aromatic N) is 3. The molecule has 4 N–H and O–H groups in total. The van der Waals surface area contributed by atoms with Gasteiger partial charge in [-0.25, -0.2) is 20.8 Å². The highest BCUT2D eigenvalue weighted by Crippen LogP contribution is 2.27. The first-order valence-corrected chi connectivity index (χ1v) is 6.63. The van der Waals surface area contributed by atoms with Crippen molar-refractivity contribution in [2.24, 2.45) is 5.84 Å². The Morgan fingerprint density at radius 3 is 2.79 bits per heavy atom. The van der Waals surface area contributed by atoms with E-state index in [1.54, 1.807) is 18.4 Å². The Kier molecular flexibility index (Phi) is 4.48. The second kappa shape index (κ2) is 6.30. The standard InChI is InChI=1S/C11H16N6OS/c1-7-5-19-8(16-7)3-4-13-10-9(18-2)11(17-12)15-6-14-10/h5-6H,3-4,12H2,1-2H3,(H2,13,14,15,17). The van der Waals surface area contributed by atoms with Crippen LogP contribution in [0, 0.1) is 6.92 Å². The zero-order chi connectivity index (χ0) is 13.7. The van der Waals surface area contributed by atoms with Crippen molar-refractivity contribution in [1.82, 2.24) is 15.0 Å². The minimum Gasteiger partial charge on any atom is -0.490 e. The van der Waals surface area contributed by atoms with Crippen LogP contribution in [0.4, 0.5) is 11.6 Å². The van der Waals surface area contributed by atoms with Gasteiger partial charge in [0.1, 0.15) is 6.33 Å². The number of aryl methyl sites for hydroxylation is 1. The summed E-state index contributed by atoms with van der Waals surface area (Å²) in [6.45, 7) is 2.70. The van der Waals surface area contributed by atoms with Gasteiger partial charge < -0.3 is 15.5 Å². The number of nitrogen functional groups attached to an aromatic ring is 1. The second-order valence-electron chi connectivity index (χ2n) is 3.81. The average Bonchev–Trinajstić information content (AvgIpc) is 2.84. The quantitative estimate of drug-likeness (QED) is 0.540. The van der Waals surface area contributed by atoms with Crippen LogP contribution < -0.4 is 21.3 Å². The van der Waals surface area contributed by atoms with Crippen LogP contribution in [0.1, 0.15) is 10.7 Å². The molecule has 102 valence electrons. The van der Waals surface area contributed by atoms with Gasteiger partial charge in [-0.15, -0.1) is 11.3 Å². The van der Waals surface area contributed by atoms with Crippen LogP contribution in [0.2, 0.25) is 0 Å². The van der Waals surface area contributed by atoms with E-state index in [1.165, 1.54) is 6.33 Å². The van der Waals surface area contributed by atoms with Crippen molar-refractivity contribution in [3.8, 4) is 5.75 Å². The summed E-state index contributed by atoms with van der Waals surface area (Å²) in [7, 11) is 1.55. The number of nitrogens with one attached hydrogen (secondary N) is 2. The predicted molar refractivity (Wildman–Crippen MR) is 75.4 cm³/mol. The van der Waals surface area contributed by atoms with E-state index in [2.05, 4.69) is 25.7 Å². The molecule has 0 aliphatic heterocycles. The first kappa shape index (κ1) is 13.5. The highest BCUT2D eigenvalue weighted by atomic mass is 32.1. The van der Waals surface area contributed by atoms with Crippen molar-refractivity contribution in [3.05, 3.63) is 22.4 Å². The third kappa shape index (κ3) is 3.30. The van der Waals surface area contributed by atoms with Crippen LogP contribution in [0.15, 0.2) is 11.7 Å². The molecule has 8 heteroatoms. The SMILES string of the molecule is COc1c(NN)ncnc1NCCc1nc(C)cs1. The van der Waals surface area contributed by atoms with Gasteiger partial charge in [-0.1, -0.05) is 0 Å². The number of nitrogens with two attached hydrogens (primary N) is 1. The number of rotatable bonds is 6. The van der Waals surface area contributed by atoms with Crippen molar-refractivity contribution in [2.45, 2.75) is 13.3 Å². The van der Waals surface area contributed by atoms with Crippen molar-refractivity contribution in [2.75, 3.05) is 24.4 Å². The summed E-state index contributed by atoms with van der Waals surface area (Å²) >= 11 is 1.65. The van der Waals surface area contributed by atoms with E-state index in [0.29, 0.717) is 23.9 Å². The number of anilines is 2. The summed E-state index contributed by atoms with van der Waals surface area (Å²) in [6, 6.07) is 0. The predicted octanol–water partition coefficient (Wildman–Crippen LogP) is 1.19. The highest BCUT2D eigenvalue weighted by Gasteiger charge is 2.10. The zero-order valence-electron chi connectivity index (χ0n) is 10.8. The summed E-state index contributed by atoms with van der Waals surface area (Å²) in [5.74, 6) is 6.92. The topological polar surface area (TPSA) is 98.0 Å². The van der Waals surface area contributed by atoms with E-state index in [9.17, 15) is 0 Å². The molecule has 0 aromatic carbocycles. The maximum Gasteiger partial charge on any atom is 0.205 e. The lowest BCUT2D eigenvalue weighted by Gasteiger charge is -2.11. The zero-order valence-corrected chi connectivity index (χ0v) is 11.6. The Morgan fingerprint density at radius 1 is 1.37 bits per heavy atom. The number of ether oxygens (including phenoxy) is 1. The van der Waals surface area contributed by atoms with Gasteiger partial charge in [0.05, 0.1) is 12.1 Å². The van der Waals surface area contributed by atoms with Gasteiger partial charge in [0, 0.05) is 24.0 Å². The Labute approximate surface area is 115 Å². The summed E-state index contributed by atoms with van der Waals surface area (Å²) in [5, 5.41) is 6.32. The lowest BCUT2D eigenvalue weighted by atomic mass is 10.4. The Morgan fingerprint density at radius 2 is 2.16 bits per heavy atom. The maximum atomic E-state index is 5.36. The lowest BCUT2D eigenvalue weighted by molar-refractivity contribution is 0.414. The summed E-state index contributed by atoms with van der Waals surface area (Å²) in [5.41, 5.74) is 3.52. The molecule has 0 amide bonds. The molecule has 0 spiro atoms. The van der Waals surface area contributed by atoms with E-state index in [1.807, 2.05) is 12.3 Å². The molecule has 0 radical (unpaired) electrons. The molecular weight excluding hydrogens is 264 g/mol. The molecule has 7 nitrogen and oxygen atoms in total. The summed E-state index contributed by atoms with van der Waals surface area (Å²) in [6.07, 6.45) is 2.25. The van der Waals surface area contributed by atoms with Crippen LogP contribution in [-0.2, 0) is 6.42 Å². The van der Waals surface area contributed by atoms with Gasteiger partial charge in [0.2, 0.25) is 5.75 Å². The van der Waals surface area contributed by atoms with Crippen molar-refractivity contribution in [3.63, 3.8) is 0 Å². The van der Waals surface area contributed by atoms with Gasteiger partial charge in [-0.3, -0.25) is 0 Å². The van der Waals surface area contributed by atoms with Gasteiger partial charge >= 0.3 is 0 Å². The van der Waals surface area contributed by atoms with Gasteiger partial charge in [-0.2, -0.15) is 0 Å². The molecule has 2 aromatic rings. The first-order chi connectivity index (χ1) is 9.24. The molecular formula is C11H16N6OS. The van der Waals surface area contributed by atoms with Crippen molar-refractivity contribution >= 4 is 23.0 Å². The lowest BCUT2D eigenvalue weighted by Crippen LogP contribution is -2.13. The molecule has 0 aliphatic rings. The molecule has 0 saturated heterocycles. The number of hydrazine groups is 1. The average molecular weight is 280 g/mol. The van der Waals surface area contributed by atoms with Crippen LogP contribution in [0.5, 0.6) is 5.75 Å². The van der Waals surface area contributed by atoms with Crippen LogP contribution in [-0.4, -0.2) is 28.6 Å². The molecule has 19 heavy (non-hydrogen) atoms. The van der Waals surface area contributed by atoms with E-state index in [-0.39, 0.29) is 0 Å². The highest BCUT2D eigenvalue weighted by molar-refractivity contribution is 7.09. The molecule has 0 fully saturated rings. The van der Waals surface area contributed by atoms with Gasteiger partial charge in [-0.05, 0) is 6.92 Å². The fourth-order valence-electron chi connectivity index (χ4n) is 1.60. The third-order valence-electron chi connectivity index (χ3n) is 2.44. The number of methoxy groups -OCH3 is 1. The minimum absolute atomic E-state index is 0.449. The molecule has 0 atom stereocenters. The molecule has 0 unspecified atom stereocenters. The molecule has 2 aromatic heterocycles. The largest absolute Gasteiger partial charge is 0.490 e. The van der Waals surface area contributed by atoms with E-state index < -0.39 is 0 Å². The van der Waals surface area contributed by atoms with Gasteiger partial charge in [0.25, 0.3) is 0 Å². The smallest absolute Gasteiger partial charge is 0.205 e. The number of thiazole rings is 1. The van der Waals surface area contributed by atoms with Crippen LogP contribution >= 0.6 is 11.3 Å². The monoisotopic (exact) mass is 280 g/mol.